The van der Waals surface area contributed by atoms with Crippen LogP contribution in [0.3, 0.4) is 0 Å². The Balaban J connectivity index is 0.00000176. The second kappa shape index (κ2) is 17.0. The maximum absolute atomic E-state index is 5.45. The Bertz CT molecular complexity index is 1550. The normalized spacial score (nSPS) is 13.1. The average Bonchev–Trinajstić information content (AvgIpc) is 3.05. The van der Waals surface area contributed by atoms with Crippen molar-refractivity contribution >= 4 is 42.9 Å². The van der Waals surface area contributed by atoms with Crippen molar-refractivity contribution < 1.29 is 4.74 Å². The Labute approximate surface area is 279 Å². The van der Waals surface area contributed by atoms with E-state index in [0.717, 1.165) is 67.3 Å². The van der Waals surface area contributed by atoms with Crippen molar-refractivity contribution in [3.05, 3.63) is 133 Å². The molecule has 5 nitrogen and oxygen atoms in total. The molecule has 0 aliphatic carbocycles. The number of hydrogen-bond donors (Lipinski definition) is 0. The number of likely N-dealkylation sites (tertiary alicyclic amines) is 1. The number of methoxy groups -OCH3 is 1. The van der Waals surface area contributed by atoms with Crippen LogP contribution < -0.4 is 9.64 Å². The van der Waals surface area contributed by atoms with Gasteiger partial charge in [-0.15, -0.1) is 37.2 Å². The van der Waals surface area contributed by atoms with E-state index >= 15 is 0 Å². The fraction of sp³-hybridized carbons (Fsp3) is 0.222. The van der Waals surface area contributed by atoms with E-state index in [1.54, 1.807) is 7.11 Å². The highest BCUT2D eigenvalue weighted by molar-refractivity contribution is 5.86. The van der Waals surface area contributed by atoms with E-state index in [9.17, 15) is 0 Å². The molecule has 1 fully saturated rings. The van der Waals surface area contributed by atoms with E-state index in [4.69, 9.17) is 4.74 Å². The minimum absolute atomic E-state index is 0. The molecule has 0 spiro atoms. The second-order valence-electron chi connectivity index (χ2n) is 10.7. The molecule has 0 amide bonds. The Morgan fingerprint density at radius 2 is 1.20 bits per heavy atom. The second-order valence-corrected chi connectivity index (χ2v) is 10.7. The van der Waals surface area contributed by atoms with Gasteiger partial charge in [-0.1, -0.05) is 60.7 Å². The van der Waals surface area contributed by atoms with Crippen LogP contribution in [-0.2, 0) is 13.1 Å². The highest BCUT2D eigenvalue weighted by Gasteiger charge is 2.25. The van der Waals surface area contributed by atoms with E-state index in [1.807, 2.05) is 24.5 Å². The third-order valence-electron chi connectivity index (χ3n) is 7.95. The van der Waals surface area contributed by atoms with E-state index in [1.165, 1.54) is 16.8 Å². The van der Waals surface area contributed by atoms with Crippen molar-refractivity contribution in [2.24, 2.45) is 0 Å². The van der Waals surface area contributed by atoms with Crippen LogP contribution in [-0.4, -0.2) is 41.1 Å². The largest absolute Gasteiger partial charge is 0.497 e. The molecule has 0 bridgehead atoms. The third-order valence-corrected chi connectivity index (χ3v) is 7.95. The fourth-order valence-electron chi connectivity index (χ4n) is 5.73. The summed E-state index contributed by atoms with van der Waals surface area (Å²) in [5.41, 5.74) is 8.16. The maximum Gasteiger partial charge on any atom is 0.119 e. The first-order chi connectivity index (χ1) is 20.2. The zero-order chi connectivity index (χ0) is 27.9. The number of benzene rings is 3. The monoisotopic (exact) mass is 648 g/mol. The number of piperidine rings is 1. The summed E-state index contributed by atoms with van der Waals surface area (Å²) in [6.45, 7) is 3.91. The summed E-state index contributed by atoms with van der Waals surface area (Å²) < 4.78 is 5.45. The molecule has 5 aromatic rings. The first-order valence-electron chi connectivity index (χ1n) is 14.4. The summed E-state index contributed by atoms with van der Waals surface area (Å²) in [5, 5.41) is 0. The molecule has 44 heavy (non-hydrogen) atoms. The van der Waals surface area contributed by atoms with Crippen LogP contribution in [0.1, 0.15) is 24.0 Å². The lowest BCUT2D eigenvalue weighted by Crippen LogP contribution is -2.44. The summed E-state index contributed by atoms with van der Waals surface area (Å²) in [5.74, 6) is 0.881. The van der Waals surface area contributed by atoms with Gasteiger partial charge in [-0.3, -0.25) is 14.9 Å². The number of nitrogens with zero attached hydrogens (tertiary/aromatic N) is 4. The summed E-state index contributed by atoms with van der Waals surface area (Å²) in [6, 6.07) is 38.5. The van der Waals surface area contributed by atoms with Crippen molar-refractivity contribution in [3.8, 4) is 28.3 Å². The minimum atomic E-state index is 0. The molecule has 8 heteroatoms. The lowest BCUT2D eigenvalue weighted by atomic mass is 10.00. The van der Waals surface area contributed by atoms with Gasteiger partial charge in [0, 0.05) is 61.4 Å². The molecule has 0 radical (unpaired) electrons. The predicted octanol–water partition coefficient (Wildman–Crippen LogP) is 8.76. The first kappa shape index (κ1) is 34.9. The zero-order valence-corrected chi connectivity index (χ0v) is 27.2. The third kappa shape index (κ3) is 8.73. The minimum Gasteiger partial charge on any atom is -0.497 e. The van der Waals surface area contributed by atoms with Crippen molar-refractivity contribution in [1.29, 1.82) is 0 Å². The standard InChI is InChI=1S/C36H36N4O.3ClH/c1-41-34-14-12-32(13-15-34)40(27-29-17-21-38-36(25-29)31-10-6-3-7-11-31)33-18-22-39(23-19-33)26-28-16-20-37-35(24-28)30-8-4-2-5-9-30;;;/h2-17,20-21,24-25,33H,18-19,22-23,26-27H2,1H3;3*1H. The van der Waals surface area contributed by atoms with Gasteiger partial charge in [0.15, 0.2) is 0 Å². The molecule has 0 unspecified atom stereocenters. The molecule has 3 aromatic carbocycles. The number of aromatic nitrogens is 2. The van der Waals surface area contributed by atoms with Gasteiger partial charge in [-0.05, 0) is 72.5 Å². The average molecular weight is 650 g/mol. The van der Waals surface area contributed by atoms with Crippen molar-refractivity contribution in [2.75, 3.05) is 25.1 Å². The Morgan fingerprint density at radius 3 is 1.75 bits per heavy atom. The molecule has 3 heterocycles. The molecule has 1 aliphatic rings. The van der Waals surface area contributed by atoms with Crippen molar-refractivity contribution in [3.63, 3.8) is 0 Å². The number of rotatable bonds is 9. The highest BCUT2D eigenvalue weighted by Crippen LogP contribution is 2.29. The summed E-state index contributed by atoms with van der Waals surface area (Å²) in [7, 11) is 1.72. The number of halogens is 3. The lowest BCUT2D eigenvalue weighted by Gasteiger charge is -2.40. The first-order valence-corrected chi connectivity index (χ1v) is 14.4. The zero-order valence-electron chi connectivity index (χ0n) is 24.8. The molecule has 1 saturated heterocycles. The van der Waals surface area contributed by atoms with E-state index in [-0.39, 0.29) is 37.2 Å². The van der Waals surface area contributed by atoms with Gasteiger partial charge in [-0.25, -0.2) is 0 Å². The van der Waals surface area contributed by atoms with Crippen LogP contribution in [0.5, 0.6) is 5.75 Å². The maximum atomic E-state index is 5.45. The summed E-state index contributed by atoms with van der Waals surface area (Å²) >= 11 is 0. The van der Waals surface area contributed by atoms with Gasteiger partial charge < -0.3 is 9.64 Å². The molecule has 0 saturated carbocycles. The van der Waals surface area contributed by atoms with Crippen LogP contribution in [0, 0.1) is 0 Å². The highest BCUT2D eigenvalue weighted by atomic mass is 35.5. The fourth-order valence-corrected chi connectivity index (χ4v) is 5.73. The van der Waals surface area contributed by atoms with Crippen LogP contribution >= 0.6 is 37.2 Å². The van der Waals surface area contributed by atoms with Crippen LogP contribution in [0.4, 0.5) is 5.69 Å². The van der Waals surface area contributed by atoms with E-state index in [0.29, 0.717) is 6.04 Å². The van der Waals surface area contributed by atoms with Gasteiger partial charge in [0.25, 0.3) is 0 Å². The Hall–Kier alpha value is -3.61. The summed E-state index contributed by atoms with van der Waals surface area (Å²) in [4.78, 5) is 14.4. The number of pyridine rings is 2. The van der Waals surface area contributed by atoms with E-state index in [2.05, 4.69) is 117 Å². The Morgan fingerprint density at radius 1 is 0.682 bits per heavy atom. The quantitative estimate of drug-likeness (QED) is 0.160. The van der Waals surface area contributed by atoms with Gasteiger partial charge in [0.1, 0.15) is 5.75 Å². The molecule has 1 aliphatic heterocycles. The van der Waals surface area contributed by atoms with Crippen LogP contribution in [0.15, 0.2) is 122 Å². The van der Waals surface area contributed by atoms with Crippen molar-refractivity contribution in [2.45, 2.75) is 32.0 Å². The molecule has 0 N–H and O–H groups in total. The molecule has 230 valence electrons. The van der Waals surface area contributed by atoms with E-state index < -0.39 is 0 Å². The number of ether oxygens (including phenoxy) is 1. The molecule has 0 atom stereocenters. The SMILES string of the molecule is COc1ccc(N(Cc2ccnc(-c3ccccc3)c2)C2CCN(Cc3ccnc(-c4ccccc4)c3)CC2)cc1.Cl.Cl.Cl. The van der Waals surface area contributed by atoms with Crippen LogP contribution in [0.25, 0.3) is 22.5 Å². The van der Waals surface area contributed by atoms with Gasteiger partial charge in [0.05, 0.1) is 18.5 Å². The summed E-state index contributed by atoms with van der Waals surface area (Å²) in [6.07, 6.45) is 6.09. The van der Waals surface area contributed by atoms with Crippen LogP contribution in [0.2, 0.25) is 0 Å². The Kier molecular flexibility index (Phi) is 13.5. The molecular weight excluding hydrogens is 611 g/mol. The predicted molar refractivity (Wildman–Crippen MR) is 189 cm³/mol. The topological polar surface area (TPSA) is 41.5 Å². The molecule has 6 rings (SSSR count). The smallest absolute Gasteiger partial charge is 0.119 e. The van der Waals surface area contributed by atoms with Gasteiger partial charge in [-0.2, -0.15) is 0 Å². The molecule has 2 aromatic heterocycles. The van der Waals surface area contributed by atoms with Gasteiger partial charge in [0.2, 0.25) is 0 Å². The molecular formula is C36H39Cl3N4O. The number of hydrogen-bond acceptors (Lipinski definition) is 5. The lowest BCUT2D eigenvalue weighted by molar-refractivity contribution is 0.201. The van der Waals surface area contributed by atoms with Gasteiger partial charge >= 0.3 is 0 Å². The van der Waals surface area contributed by atoms with Crippen molar-refractivity contribution in [1.82, 2.24) is 14.9 Å². The number of anilines is 1.